The van der Waals surface area contributed by atoms with Gasteiger partial charge in [-0.15, -0.1) is 0 Å². The summed E-state index contributed by atoms with van der Waals surface area (Å²) in [7, 11) is 0. The molecule has 0 aliphatic carbocycles. The lowest BCUT2D eigenvalue weighted by atomic mass is 10.1. The highest BCUT2D eigenvalue weighted by molar-refractivity contribution is 6.04. The SMILES string of the molecule is CCCCOc1ccc(C(=O)Nc2cccc([C@@H](C)O)c2)cc1. The van der Waals surface area contributed by atoms with Gasteiger partial charge in [-0.05, 0) is 55.3 Å². The molecule has 0 aliphatic rings. The molecular weight excluding hydrogens is 290 g/mol. The molecule has 1 amide bonds. The first-order valence-electron chi connectivity index (χ1n) is 7.92. The predicted molar refractivity (Wildman–Crippen MR) is 91.9 cm³/mol. The van der Waals surface area contributed by atoms with Gasteiger partial charge in [-0.1, -0.05) is 25.5 Å². The number of unbranched alkanes of at least 4 members (excludes halogenated alkanes) is 1. The number of carbonyl (C=O) groups is 1. The van der Waals surface area contributed by atoms with Crippen LogP contribution in [0.5, 0.6) is 5.75 Å². The molecule has 4 heteroatoms. The van der Waals surface area contributed by atoms with Crippen molar-refractivity contribution in [3.05, 3.63) is 59.7 Å². The number of aliphatic hydroxyl groups excluding tert-OH is 1. The summed E-state index contributed by atoms with van der Waals surface area (Å²) in [6.45, 7) is 4.50. The molecule has 0 aromatic heterocycles. The van der Waals surface area contributed by atoms with Crippen LogP contribution in [0.15, 0.2) is 48.5 Å². The number of rotatable bonds is 7. The van der Waals surface area contributed by atoms with Gasteiger partial charge < -0.3 is 15.2 Å². The van der Waals surface area contributed by atoms with Crippen LogP contribution >= 0.6 is 0 Å². The summed E-state index contributed by atoms with van der Waals surface area (Å²) in [4.78, 5) is 12.3. The fraction of sp³-hybridized carbons (Fsp3) is 0.316. The molecule has 0 aliphatic heterocycles. The van der Waals surface area contributed by atoms with Crippen molar-refractivity contribution in [2.45, 2.75) is 32.8 Å². The van der Waals surface area contributed by atoms with Crippen LogP contribution in [-0.4, -0.2) is 17.6 Å². The number of amides is 1. The summed E-state index contributed by atoms with van der Waals surface area (Å²) >= 11 is 0. The molecule has 0 saturated heterocycles. The largest absolute Gasteiger partial charge is 0.494 e. The van der Waals surface area contributed by atoms with Gasteiger partial charge in [0.2, 0.25) is 0 Å². The Kier molecular flexibility index (Phi) is 6.18. The van der Waals surface area contributed by atoms with Crippen molar-refractivity contribution in [2.24, 2.45) is 0 Å². The number of ether oxygens (including phenoxy) is 1. The first-order valence-corrected chi connectivity index (χ1v) is 7.92. The molecule has 2 aromatic carbocycles. The molecule has 4 nitrogen and oxygen atoms in total. The fourth-order valence-corrected chi connectivity index (χ4v) is 2.12. The van der Waals surface area contributed by atoms with Crippen LogP contribution in [0.4, 0.5) is 5.69 Å². The zero-order chi connectivity index (χ0) is 16.7. The van der Waals surface area contributed by atoms with Crippen LogP contribution in [0.25, 0.3) is 0 Å². The van der Waals surface area contributed by atoms with E-state index in [9.17, 15) is 9.90 Å². The number of nitrogens with one attached hydrogen (secondary N) is 1. The molecule has 0 saturated carbocycles. The molecule has 0 radical (unpaired) electrons. The Hall–Kier alpha value is -2.33. The van der Waals surface area contributed by atoms with E-state index in [0.29, 0.717) is 17.9 Å². The second-order valence-corrected chi connectivity index (χ2v) is 5.48. The quantitative estimate of drug-likeness (QED) is 0.754. The summed E-state index contributed by atoms with van der Waals surface area (Å²) in [5, 5.41) is 12.4. The van der Waals surface area contributed by atoms with E-state index in [1.54, 1.807) is 43.3 Å². The van der Waals surface area contributed by atoms with Gasteiger partial charge in [0.05, 0.1) is 12.7 Å². The molecule has 2 rings (SSSR count). The lowest BCUT2D eigenvalue weighted by Crippen LogP contribution is -2.12. The lowest BCUT2D eigenvalue weighted by Gasteiger charge is -2.10. The third-order valence-corrected chi connectivity index (χ3v) is 3.51. The second kappa shape index (κ2) is 8.34. The van der Waals surface area contributed by atoms with Crippen molar-refractivity contribution in [1.29, 1.82) is 0 Å². The van der Waals surface area contributed by atoms with Gasteiger partial charge in [-0.3, -0.25) is 4.79 Å². The summed E-state index contributed by atoms with van der Waals surface area (Å²) in [6.07, 6.45) is 1.54. The van der Waals surface area contributed by atoms with Gasteiger partial charge in [-0.25, -0.2) is 0 Å². The van der Waals surface area contributed by atoms with E-state index >= 15 is 0 Å². The smallest absolute Gasteiger partial charge is 0.255 e. The summed E-state index contributed by atoms with van der Waals surface area (Å²) in [5.74, 6) is 0.582. The van der Waals surface area contributed by atoms with Crippen molar-refractivity contribution in [2.75, 3.05) is 11.9 Å². The predicted octanol–water partition coefficient (Wildman–Crippen LogP) is 4.17. The van der Waals surface area contributed by atoms with Crippen LogP contribution < -0.4 is 10.1 Å². The van der Waals surface area contributed by atoms with E-state index in [0.717, 1.165) is 24.2 Å². The van der Waals surface area contributed by atoms with E-state index in [2.05, 4.69) is 12.2 Å². The molecule has 0 fully saturated rings. The summed E-state index contributed by atoms with van der Waals surface area (Å²) < 4.78 is 5.58. The number of anilines is 1. The van der Waals surface area contributed by atoms with Crippen LogP contribution in [0.1, 0.15) is 48.7 Å². The third kappa shape index (κ3) is 5.11. The molecular formula is C19H23NO3. The van der Waals surface area contributed by atoms with Crippen molar-refractivity contribution in [3.63, 3.8) is 0 Å². The van der Waals surface area contributed by atoms with Gasteiger partial charge in [0, 0.05) is 11.3 Å². The Bertz CT molecular complexity index is 635. The number of benzene rings is 2. The Morgan fingerprint density at radius 1 is 1.22 bits per heavy atom. The molecule has 23 heavy (non-hydrogen) atoms. The van der Waals surface area contributed by atoms with Crippen molar-refractivity contribution in [1.82, 2.24) is 0 Å². The standard InChI is InChI=1S/C19H23NO3/c1-3-4-12-23-18-10-8-15(9-11-18)19(22)20-17-7-5-6-16(13-17)14(2)21/h5-11,13-14,21H,3-4,12H2,1-2H3,(H,20,22)/t14-/m1/s1. The first-order chi connectivity index (χ1) is 11.1. The first kappa shape index (κ1) is 17.0. The second-order valence-electron chi connectivity index (χ2n) is 5.48. The molecule has 2 N–H and O–H groups in total. The Balaban J connectivity index is 1.99. The van der Waals surface area contributed by atoms with E-state index in [-0.39, 0.29) is 5.91 Å². The van der Waals surface area contributed by atoms with Crippen LogP contribution in [0.2, 0.25) is 0 Å². The van der Waals surface area contributed by atoms with Gasteiger partial charge >= 0.3 is 0 Å². The highest BCUT2D eigenvalue weighted by Crippen LogP contribution is 2.18. The Morgan fingerprint density at radius 2 is 1.96 bits per heavy atom. The number of carbonyl (C=O) groups excluding carboxylic acids is 1. The van der Waals surface area contributed by atoms with Gasteiger partial charge in [0.25, 0.3) is 5.91 Å². The maximum absolute atomic E-state index is 12.3. The maximum Gasteiger partial charge on any atom is 0.255 e. The zero-order valence-corrected chi connectivity index (χ0v) is 13.6. The van der Waals surface area contributed by atoms with Crippen LogP contribution in [-0.2, 0) is 0 Å². The van der Waals surface area contributed by atoms with E-state index < -0.39 is 6.10 Å². The van der Waals surface area contributed by atoms with Crippen molar-refractivity contribution in [3.8, 4) is 5.75 Å². The topological polar surface area (TPSA) is 58.6 Å². The van der Waals surface area contributed by atoms with Crippen LogP contribution in [0, 0.1) is 0 Å². The average Bonchev–Trinajstić information content (AvgIpc) is 2.56. The maximum atomic E-state index is 12.3. The monoisotopic (exact) mass is 313 g/mol. The van der Waals surface area contributed by atoms with Crippen LogP contribution in [0.3, 0.4) is 0 Å². The zero-order valence-electron chi connectivity index (χ0n) is 13.6. The molecule has 0 bridgehead atoms. The van der Waals surface area contributed by atoms with E-state index in [1.165, 1.54) is 0 Å². The molecule has 0 heterocycles. The molecule has 0 spiro atoms. The van der Waals surface area contributed by atoms with E-state index in [1.807, 2.05) is 12.1 Å². The molecule has 1 atom stereocenters. The number of hydrogen-bond donors (Lipinski definition) is 2. The molecule has 2 aromatic rings. The summed E-state index contributed by atoms with van der Waals surface area (Å²) in [5.41, 5.74) is 1.99. The van der Waals surface area contributed by atoms with Gasteiger partial charge in [0.1, 0.15) is 5.75 Å². The highest BCUT2D eigenvalue weighted by Gasteiger charge is 2.08. The van der Waals surface area contributed by atoms with Gasteiger partial charge in [0.15, 0.2) is 0 Å². The van der Waals surface area contributed by atoms with Crippen molar-refractivity contribution >= 4 is 11.6 Å². The highest BCUT2D eigenvalue weighted by atomic mass is 16.5. The summed E-state index contributed by atoms with van der Waals surface area (Å²) in [6, 6.07) is 14.3. The third-order valence-electron chi connectivity index (χ3n) is 3.51. The molecule has 0 unspecified atom stereocenters. The normalized spacial score (nSPS) is 11.8. The Morgan fingerprint density at radius 3 is 2.61 bits per heavy atom. The lowest BCUT2D eigenvalue weighted by molar-refractivity contribution is 0.102. The number of aliphatic hydroxyl groups is 1. The van der Waals surface area contributed by atoms with Gasteiger partial charge in [-0.2, -0.15) is 0 Å². The molecule has 122 valence electrons. The Labute approximate surface area is 137 Å². The van der Waals surface area contributed by atoms with E-state index in [4.69, 9.17) is 4.74 Å². The van der Waals surface area contributed by atoms with Crippen molar-refractivity contribution < 1.29 is 14.6 Å². The minimum atomic E-state index is -0.564. The number of hydrogen-bond acceptors (Lipinski definition) is 3. The fourth-order valence-electron chi connectivity index (χ4n) is 2.12. The average molecular weight is 313 g/mol. The minimum absolute atomic E-state index is 0.187. The minimum Gasteiger partial charge on any atom is -0.494 e.